The Balaban J connectivity index is 1.50. The molecule has 2 heterocycles. The molecule has 2 aromatic carbocycles. The van der Waals surface area contributed by atoms with Crippen LogP contribution in [-0.2, 0) is 12.8 Å². The molecule has 0 spiro atoms. The third-order valence-electron chi connectivity index (χ3n) is 4.15. The third kappa shape index (κ3) is 3.59. The second-order valence-corrected chi connectivity index (χ2v) is 6.85. The summed E-state index contributed by atoms with van der Waals surface area (Å²) in [7, 11) is 3.60. The topological polar surface area (TPSA) is 66.0 Å². The van der Waals surface area contributed by atoms with E-state index in [4.69, 9.17) is 9.26 Å². The maximum absolute atomic E-state index is 5.45. The fourth-order valence-electron chi connectivity index (χ4n) is 2.76. The summed E-state index contributed by atoms with van der Waals surface area (Å²) in [6.07, 6.45) is 0. The molecule has 0 unspecified atom stereocenters. The normalized spacial score (nSPS) is 10.9. The highest BCUT2D eigenvalue weighted by atomic mass is 32.2. The van der Waals surface area contributed by atoms with Crippen LogP contribution >= 0.6 is 11.8 Å². The first-order chi connectivity index (χ1) is 13.3. The standard InChI is InChI=1S/C20H18N4O2S/c1-24-19(16-10-6-7-11-17(16)25-2)21-22-20(24)27-13-15-12-18(26-23-15)14-8-4-3-5-9-14/h3-12H,13H2,1-2H3. The van der Waals surface area contributed by atoms with Crippen LogP contribution in [0.1, 0.15) is 5.69 Å². The van der Waals surface area contributed by atoms with Gasteiger partial charge in [-0.1, -0.05) is 59.4 Å². The number of thioether (sulfide) groups is 1. The molecule has 0 amide bonds. The second kappa shape index (κ2) is 7.67. The van der Waals surface area contributed by atoms with Crippen molar-refractivity contribution in [1.29, 1.82) is 0 Å². The van der Waals surface area contributed by atoms with Gasteiger partial charge in [0.2, 0.25) is 0 Å². The molecule has 0 aliphatic carbocycles. The highest BCUT2D eigenvalue weighted by Crippen LogP contribution is 2.31. The van der Waals surface area contributed by atoms with Crippen molar-refractivity contribution in [3.63, 3.8) is 0 Å². The second-order valence-electron chi connectivity index (χ2n) is 5.90. The fraction of sp³-hybridized carbons (Fsp3) is 0.150. The van der Waals surface area contributed by atoms with Crippen LogP contribution in [0.5, 0.6) is 5.75 Å². The molecular formula is C20H18N4O2S. The minimum atomic E-state index is 0.647. The van der Waals surface area contributed by atoms with Crippen LogP contribution in [0.15, 0.2) is 70.3 Å². The summed E-state index contributed by atoms with van der Waals surface area (Å²) in [5, 5.41) is 13.6. The number of rotatable bonds is 6. The van der Waals surface area contributed by atoms with Gasteiger partial charge < -0.3 is 13.8 Å². The smallest absolute Gasteiger partial charge is 0.191 e. The van der Waals surface area contributed by atoms with Gasteiger partial charge in [0.1, 0.15) is 5.75 Å². The predicted molar refractivity (Wildman–Crippen MR) is 104 cm³/mol. The van der Waals surface area contributed by atoms with Crippen molar-refractivity contribution in [2.75, 3.05) is 7.11 Å². The van der Waals surface area contributed by atoms with Crippen LogP contribution in [0.25, 0.3) is 22.7 Å². The van der Waals surface area contributed by atoms with Crippen LogP contribution in [0.4, 0.5) is 0 Å². The highest BCUT2D eigenvalue weighted by Gasteiger charge is 2.15. The molecule has 27 heavy (non-hydrogen) atoms. The van der Waals surface area contributed by atoms with Gasteiger partial charge in [-0.05, 0) is 12.1 Å². The number of ether oxygens (including phenoxy) is 1. The molecule has 4 rings (SSSR count). The van der Waals surface area contributed by atoms with E-state index in [9.17, 15) is 0 Å². The average molecular weight is 378 g/mol. The van der Waals surface area contributed by atoms with Gasteiger partial charge in [0.05, 0.1) is 18.4 Å². The Hall–Kier alpha value is -3.06. The number of para-hydroxylation sites is 1. The summed E-state index contributed by atoms with van der Waals surface area (Å²) >= 11 is 1.56. The lowest BCUT2D eigenvalue weighted by Gasteiger charge is -2.07. The predicted octanol–water partition coefficient (Wildman–Crippen LogP) is 4.44. The van der Waals surface area contributed by atoms with Crippen LogP contribution in [0, 0.1) is 0 Å². The number of hydrogen-bond acceptors (Lipinski definition) is 6. The zero-order chi connectivity index (χ0) is 18.6. The first kappa shape index (κ1) is 17.4. The molecule has 0 radical (unpaired) electrons. The van der Waals surface area contributed by atoms with E-state index in [0.717, 1.165) is 39.3 Å². The summed E-state index contributed by atoms with van der Waals surface area (Å²) in [5.74, 6) is 2.95. The van der Waals surface area contributed by atoms with Gasteiger partial charge in [-0.2, -0.15) is 0 Å². The molecule has 4 aromatic rings. The van der Waals surface area contributed by atoms with Crippen molar-refractivity contribution < 1.29 is 9.26 Å². The quantitative estimate of drug-likeness (QED) is 0.462. The average Bonchev–Trinajstić information content (AvgIpc) is 3.34. The van der Waals surface area contributed by atoms with E-state index in [2.05, 4.69) is 15.4 Å². The lowest BCUT2D eigenvalue weighted by Crippen LogP contribution is -1.97. The zero-order valence-electron chi connectivity index (χ0n) is 15.0. The minimum Gasteiger partial charge on any atom is -0.496 e. The molecular weight excluding hydrogens is 360 g/mol. The van der Waals surface area contributed by atoms with Gasteiger partial charge in [-0.25, -0.2) is 0 Å². The molecule has 0 saturated heterocycles. The number of nitrogens with zero attached hydrogens (tertiary/aromatic N) is 4. The third-order valence-corrected chi connectivity index (χ3v) is 5.20. The Morgan fingerprint density at radius 1 is 1.04 bits per heavy atom. The Bertz CT molecular complexity index is 1040. The molecule has 0 fully saturated rings. The van der Waals surface area contributed by atoms with E-state index in [1.807, 2.05) is 72.3 Å². The largest absolute Gasteiger partial charge is 0.496 e. The SMILES string of the molecule is COc1ccccc1-c1nnc(SCc2cc(-c3ccccc3)on2)n1C. The maximum Gasteiger partial charge on any atom is 0.191 e. The summed E-state index contributed by atoms with van der Waals surface area (Å²) in [5.41, 5.74) is 2.79. The monoisotopic (exact) mass is 378 g/mol. The Morgan fingerprint density at radius 2 is 1.81 bits per heavy atom. The van der Waals surface area contributed by atoms with E-state index >= 15 is 0 Å². The first-order valence-corrected chi connectivity index (χ1v) is 9.41. The molecule has 2 aromatic heterocycles. The fourth-order valence-corrected chi connectivity index (χ4v) is 3.55. The molecule has 7 heteroatoms. The van der Waals surface area contributed by atoms with E-state index in [0.29, 0.717) is 5.75 Å². The van der Waals surface area contributed by atoms with E-state index in [-0.39, 0.29) is 0 Å². The molecule has 0 aliphatic heterocycles. The van der Waals surface area contributed by atoms with Crippen molar-refractivity contribution in [1.82, 2.24) is 19.9 Å². The van der Waals surface area contributed by atoms with Crippen molar-refractivity contribution in [2.24, 2.45) is 7.05 Å². The van der Waals surface area contributed by atoms with Crippen molar-refractivity contribution >= 4 is 11.8 Å². The van der Waals surface area contributed by atoms with Gasteiger partial charge in [-0.15, -0.1) is 10.2 Å². The summed E-state index contributed by atoms with van der Waals surface area (Å²) in [6.45, 7) is 0. The summed E-state index contributed by atoms with van der Waals surface area (Å²) in [4.78, 5) is 0. The van der Waals surface area contributed by atoms with Crippen LogP contribution in [0.2, 0.25) is 0 Å². The number of methoxy groups -OCH3 is 1. The lowest BCUT2D eigenvalue weighted by molar-refractivity contribution is 0.416. The van der Waals surface area contributed by atoms with Gasteiger partial charge in [0.15, 0.2) is 16.7 Å². The number of benzene rings is 2. The van der Waals surface area contributed by atoms with Gasteiger partial charge in [-0.3, -0.25) is 0 Å². The zero-order valence-corrected chi connectivity index (χ0v) is 15.8. The molecule has 0 saturated carbocycles. The number of aromatic nitrogens is 4. The van der Waals surface area contributed by atoms with Crippen LogP contribution in [-0.4, -0.2) is 27.0 Å². The molecule has 0 bridgehead atoms. The van der Waals surface area contributed by atoms with E-state index in [1.165, 1.54) is 0 Å². The van der Waals surface area contributed by atoms with Gasteiger partial charge >= 0.3 is 0 Å². The number of hydrogen-bond donors (Lipinski definition) is 0. The summed E-state index contributed by atoms with van der Waals surface area (Å²) < 4.78 is 12.8. The molecule has 0 atom stereocenters. The highest BCUT2D eigenvalue weighted by molar-refractivity contribution is 7.98. The maximum atomic E-state index is 5.45. The van der Waals surface area contributed by atoms with E-state index in [1.54, 1.807) is 18.9 Å². The van der Waals surface area contributed by atoms with Crippen LogP contribution < -0.4 is 4.74 Å². The van der Waals surface area contributed by atoms with Crippen LogP contribution in [0.3, 0.4) is 0 Å². The molecule has 0 aliphatic rings. The molecule has 136 valence electrons. The molecule has 6 nitrogen and oxygen atoms in total. The van der Waals surface area contributed by atoms with Gasteiger partial charge in [0, 0.05) is 24.4 Å². The Labute approximate surface area is 161 Å². The minimum absolute atomic E-state index is 0.647. The van der Waals surface area contributed by atoms with Crippen molar-refractivity contribution in [3.8, 4) is 28.5 Å². The van der Waals surface area contributed by atoms with Crippen molar-refractivity contribution in [2.45, 2.75) is 10.9 Å². The summed E-state index contributed by atoms with van der Waals surface area (Å²) in [6, 6.07) is 19.7. The molecule has 0 N–H and O–H groups in total. The van der Waals surface area contributed by atoms with Gasteiger partial charge in [0.25, 0.3) is 0 Å². The van der Waals surface area contributed by atoms with Crippen molar-refractivity contribution in [3.05, 3.63) is 66.4 Å². The van der Waals surface area contributed by atoms with E-state index < -0.39 is 0 Å². The lowest BCUT2D eigenvalue weighted by atomic mass is 10.2. The first-order valence-electron chi connectivity index (χ1n) is 8.43. The Morgan fingerprint density at radius 3 is 2.63 bits per heavy atom. The Kier molecular flexibility index (Phi) is 4.93.